The molecule has 1 heteroatoms. The molecule has 0 heterocycles. The van der Waals surface area contributed by atoms with Gasteiger partial charge in [0.25, 0.3) is 0 Å². The Labute approximate surface area is 89.3 Å². The van der Waals surface area contributed by atoms with Crippen LogP contribution in [0.3, 0.4) is 0 Å². The zero-order valence-electron chi connectivity index (χ0n) is 9.09. The summed E-state index contributed by atoms with van der Waals surface area (Å²) in [5.74, 6) is 0. The molecule has 0 saturated carbocycles. The molecular formula is C12H21Ti. The van der Waals surface area contributed by atoms with Crippen LogP contribution in [0.15, 0.2) is 36.5 Å². The van der Waals surface area contributed by atoms with Gasteiger partial charge in [-0.2, -0.15) is 0 Å². The maximum absolute atomic E-state index is 2.34. The summed E-state index contributed by atoms with van der Waals surface area (Å²) in [6.45, 7) is 6.34. The molecular weight excluding hydrogens is 192 g/mol. The number of rotatable bonds is 6. The standard InChI is InChI=1S/3C4H7.Ti/c3*1-3-4-2;/h3*3-4H,1H2,2H3;/b3*4-3+;. The molecule has 0 N–H and O–H groups in total. The minimum absolute atomic E-state index is 0.813. The second-order valence-corrected chi connectivity index (χ2v) is 7.32. The molecule has 0 aliphatic heterocycles. The Morgan fingerprint density at radius 3 is 1.23 bits per heavy atom. The van der Waals surface area contributed by atoms with E-state index in [1.165, 1.54) is 14.2 Å². The summed E-state index contributed by atoms with van der Waals surface area (Å²) in [6, 6.07) is 0. The van der Waals surface area contributed by atoms with E-state index in [0.717, 1.165) is 0 Å². The van der Waals surface area contributed by atoms with Crippen LogP contribution in [-0.2, 0) is 17.9 Å². The van der Waals surface area contributed by atoms with Crippen LogP contribution in [-0.4, -0.2) is 0 Å². The second-order valence-electron chi connectivity index (χ2n) is 3.07. The molecule has 0 saturated heterocycles. The molecule has 0 aromatic carbocycles. The van der Waals surface area contributed by atoms with Gasteiger partial charge in [0.15, 0.2) is 0 Å². The molecule has 0 radical (unpaired) electrons. The molecule has 0 amide bonds. The quantitative estimate of drug-likeness (QED) is 0.447. The Morgan fingerprint density at radius 1 is 0.692 bits per heavy atom. The van der Waals surface area contributed by atoms with E-state index in [2.05, 4.69) is 57.2 Å². The van der Waals surface area contributed by atoms with Gasteiger partial charge in [-0.05, 0) is 0 Å². The van der Waals surface area contributed by atoms with Gasteiger partial charge in [0.2, 0.25) is 0 Å². The number of hydrogen-bond acceptors (Lipinski definition) is 0. The van der Waals surface area contributed by atoms with Crippen molar-refractivity contribution in [3.05, 3.63) is 36.5 Å². The molecule has 0 aliphatic rings. The van der Waals surface area contributed by atoms with Gasteiger partial charge in [0, 0.05) is 0 Å². The van der Waals surface area contributed by atoms with E-state index in [4.69, 9.17) is 0 Å². The molecule has 13 heavy (non-hydrogen) atoms. The summed E-state index contributed by atoms with van der Waals surface area (Å²) < 4.78 is 4.10. The predicted molar refractivity (Wildman–Crippen MR) is 58.9 cm³/mol. The summed E-state index contributed by atoms with van der Waals surface area (Å²) in [5.41, 5.74) is 0. The number of hydrogen-bond donors (Lipinski definition) is 0. The molecule has 73 valence electrons. The molecule has 0 atom stereocenters. The molecule has 0 nitrogen and oxygen atoms in total. The summed E-state index contributed by atoms with van der Waals surface area (Å²) >= 11 is -0.813. The van der Waals surface area contributed by atoms with Crippen LogP contribution in [0.5, 0.6) is 0 Å². The van der Waals surface area contributed by atoms with Gasteiger partial charge in [0.05, 0.1) is 0 Å². The fourth-order valence-corrected chi connectivity index (χ4v) is 4.55. The molecule has 0 fully saturated rings. The van der Waals surface area contributed by atoms with Crippen molar-refractivity contribution in [1.29, 1.82) is 0 Å². The Hall–Kier alpha value is -0.0657. The molecule has 0 bridgehead atoms. The van der Waals surface area contributed by atoms with Gasteiger partial charge < -0.3 is 0 Å². The van der Waals surface area contributed by atoms with Gasteiger partial charge in [-0.15, -0.1) is 0 Å². The second kappa shape index (κ2) is 10.0. The van der Waals surface area contributed by atoms with E-state index < -0.39 is 17.9 Å². The average molecular weight is 213 g/mol. The van der Waals surface area contributed by atoms with Crippen molar-refractivity contribution in [3.63, 3.8) is 0 Å². The fraction of sp³-hybridized carbons (Fsp3) is 0.500. The minimum atomic E-state index is -0.813. The third kappa shape index (κ3) is 8.27. The van der Waals surface area contributed by atoms with Gasteiger partial charge in [-0.25, -0.2) is 0 Å². The average Bonchev–Trinajstić information content (AvgIpc) is 2.17. The molecule has 0 aromatic heterocycles. The first kappa shape index (κ1) is 12.9. The third-order valence-electron chi connectivity index (χ3n) is 1.93. The molecule has 0 rings (SSSR count). The topological polar surface area (TPSA) is 0 Å². The van der Waals surface area contributed by atoms with Crippen LogP contribution in [0, 0.1) is 0 Å². The molecule has 0 aromatic rings. The first-order chi connectivity index (χ1) is 6.35. The van der Waals surface area contributed by atoms with E-state index in [1.54, 1.807) is 0 Å². The SMILES string of the molecule is C/C=C/[CH2][Ti]([CH2]/C=C/C)[CH2]/C=C/C. The summed E-state index contributed by atoms with van der Waals surface area (Å²) in [4.78, 5) is 0. The van der Waals surface area contributed by atoms with Crippen molar-refractivity contribution in [1.82, 2.24) is 0 Å². The van der Waals surface area contributed by atoms with Crippen molar-refractivity contribution in [2.45, 2.75) is 34.9 Å². The molecule has 0 aliphatic carbocycles. The van der Waals surface area contributed by atoms with E-state index in [1.807, 2.05) is 0 Å². The van der Waals surface area contributed by atoms with Crippen LogP contribution in [0.25, 0.3) is 0 Å². The van der Waals surface area contributed by atoms with Crippen molar-refractivity contribution >= 4 is 0 Å². The molecule has 0 unspecified atom stereocenters. The zero-order valence-corrected chi connectivity index (χ0v) is 10.6. The summed E-state index contributed by atoms with van der Waals surface area (Å²) in [6.07, 6.45) is 13.5. The van der Waals surface area contributed by atoms with E-state index in [0.29, 0.717) is 0 Å². The first-order valence-corrected chi connectivity index (χ1v) is 8.33. The molecule has 0 spiro atoms. The normalized spacial score (nSPS) is 12.2. The van der Waals surface area contributed by atoms with E-state index >= 15 is 0 Å². The number of allylic oxidation sites excluding steroid dienone is 6. The maximum atomic E-state index is 2.34. The van der Waals surface area contributed by atoms with Crippen molar-refractivity contribution in [2.24, 2.45) is 0 Å². The van der Waals surface area contributed by atoms with Crippen LogP contribution in [0.4, 0.5) is 0 Å². The van der Waals surface area contributed by atoms with Gasteiger partial charge in [0.1, 0.15) is 0 Å². The van der Waals surface area contributed by atoms with Gasteiger partial charge >= 0.3 is 89.3 Å². The van der Waals surface area contributed by atoms with Crippen LogP contribution in [0.2, 0.25) is 14.2 Å². The Bertz CT molecular complexity index is 144. The van der Waals surface area contributed by atoms with Crippen molar-refractivity contribution < 1.29 is 17.9 Å². The van der Waals surface area contributed by atoms with Gasteiger partial charge in [-0.3, -0.25) is 0 Å². The van der Waals surface area contributed by atoms with Gasteiger partial charge in [-0.1, -0.05) is 0 Å². The Balaban J connectivity index is 3.86. The Kier molecular flexibility index (Phi) is 9.97. The van der Waals surface area contributed by atoms with E-state index in [9.17, 15) is 0 Å². The summed E-state index contributed by atoms with van der Waals surface area (Å²) in [5, 5.41) is 0. The van der Waals surface area contributed by atoms with Crippen molar-refractivity contribution in [2.75, 3.05) is 0 Å². The predicted octanol–water partition coefficient (Wildman–Crippen LogP) is 4.59. The third-order valence-corrected chi connectivity index (χ3v) is 5.74. The fourth-order valence-electron chi connectivity index (χ4n) is 1.10. The summed E-state index contributed by atoms with van der Waals surface area (Å²) in [7, 11) is 0. The van der Waals surface area contributed by atoms with E-state index in [-0.39, 0.29) is 0 Å². The van der Waals surface area contributed by atoms with Crippen molar-refractivity contribution in [3.8, 4) is 0 Å². The van der Waals surface area contributed by atoms with Crippen LogP contribution < -0.4 is 0 Å². The zero-order chi connectivity index (χ0) is 9.94. The Morgan fingerprint density at radius 2 is 1.00 bits per heavy atom. The van der Waals surface area contributed by atoms with Crippen LogP contribution in [0.1, 0.15) is 20.8 Å². The monoisotopic (exact) mass is 213 g/mol. The van der Waals surface area contributed by atoms with Crippen LogP contribution >= 0.6 is 0 Å². The first-order valence-electron chi connectivity index (χ1n) is 5.02.